The molecule has 25 heavy (non-hydrogen) atoms. The number of hydrogen-bond donors (Lipinski definition) is 1. The number of carbonyl (C=O) groups is 1. The molecule has 3 rings (SSSR count). The summed E-state index contributed by atoms with van der Waals surface area (Å²) in [5.41, 5.74) is 1.83. The largest absolute Gasteiger partial charge is 0.354 e. The van der Waals surface area contributed by atoms with Crippen LogP contribution in [0.15, 0.2) is 24.5 Å². The van der Waals surface area contributed by atoms with E-state index in [1.54, 1.807) is 18.5 Å². The maximum atomic E-state index is 12.4. The Hall–Kier alpha value is -2.77. The van der Waals surface area contributed by atoms with Gasteiger partial charge in [-0.05, 0) is 26.0 Å². The van der Waals surface area contributed by atoms with Crippen LogP contribution >= 0.6 is 0 Å². The van der Waals surface area contributed by atoms with E-state index in [4.69, 9.17) is 0 Å². The second kappa shape index (κ2) is 7.87. The van der Waals surface area contributed by atoms with Gasteiger partial charge in [-0.25, -0.2) is 19.9 Å². The van der Waals surface area contributed by atoms with Gasteiger partial charge in [-0.15, -0.1) is 0 Å². The molecule has 0 aliphatic carbocycles. The number of rotatable bonds is 5. The highest BCUT2D eigenvalue weighted by Gasteiger charge is 2.22. The Morgan fingerprint density at radius 1 is 1.08 bits per heavy atom. The molecule has 0 bridgehead atoms. The minimum absolute atomic E-state index is 0.144. The summed E-state index contributed by atoms with van der Waals surface area (Å²) in [5.74, 6) is 1.45. The van der Waals surface area contributed by atoms with Crippen LogP contribution in [-0.4, -0.2) is 63.5 Å². The summed E-state index contributed by atoms with van der Waals surface area (Å²) < 4.78 is 0. The monoisotopic (exact) mass is 341 g/mol. The molecular weight excluding hydrogens is 318 g/mol. The lowest BCUT2D eigenvalue weighted by atomic mass is 10.3. The van der Waals surface area contributed by atoms with Crippen LogP contribution in [-0.2, 0) is 4.79 Å². The molecule has 0 aromatic carbocycles. The van der Waals surface area contributed by atoms with E-state index in [1.165, 1.54) is 0 Å². The molecule has 0 unspecified atom stereocenters. The molecule has 1 saturated heterocycles. The zero-order chi connectivity index (χ0) is 17.6. The van der Waals surface area contributed by atoms with Crippen LogP contribution in [0.4, 0.5) is 11.9 Å². The first-order valence-electron chi connectivity index (χ1n) is 8.48. The number of aromatic nitrogens is 4. The van der Waals surface area contributed by atoms with Crippen LogP contribution in [0, 0.1) is 13.8 Å². The van der Waals surface area contributed by atoms with Gasteiger partial charge in [-0.3, -0.25) is 4.79 Å². The number of carbonyl (C=O) groups excluding carboxylic acids is 1. The van der Waals surface area contributed by atoms with Crippen LogP contribution in [0.2, 0.25) is 0 Å². The highest BCUT2D eigenvalue weighted by molar-refractivity contribution is 5.77. The smallest absolute Gasteiger partial charge is 0.225 e. The zero-order valence-electron chi connectivity index (χ0n) is 14.6. The van der Waals surface area contributed by atoms with E-state index in [-0.39, 0.29) is 5.91 Å². The molecule has 3 heterocycles. The Balaban J connectivity index is 1.43. The Bertz CT molecular complexity index is 694. The molecule has 8 heteroatoms. The lowest BCUT2D eigenvalue weighted by Crippen LogP contribution is -2.49. The van der Waals surface area contributed by atoms with Crippen LogP contribution < -0.4 is 10.2 Å². The van der Waals surface area contributed by atoms with Crippen molar-refractivity contribution in [3.05, 3.63) is 35.9 Å². The van der Waals surface area contributed by atoms with E-state index in [1.807, 2.05) is 24.8 Å². The lowest BCUT2D eigenvalue weighted by molar-refractivity contribution is -0.131. The first-order chi connectivity index (χ1) is 12.1. The van der Waals surface area contributed by atoms with Gasteiger partial charge in [0.25, 0.3) is 0 Å². The van der Waals surface area contributed by atoms with Crippen LogP contribution in [0.1, 0.15) is 17.8 Å². The molecule has 1 amide bonds. The van der Waals surface area contributed by atoms with Gasteiger partial charge < -0.3 is 15.1 Å². The molecule has 132 valence electrons. The fourth-order valence-corrected chi connectivity index (χ4v) is 2.85. The van der Waals surface area contributed by atoms with E-state index < -0.39 is 0 Å². The highest BCUT2D eigenvalue weighted by atomic mass is 16.2. The molecular formula is C17H23N7O. The van der Waals surface area contributed by atoms with Gasteiger partial charge in [0.2, 0.25) is 17.8 Å². The van der Waals surface area contributed by atoms with Gasteiger partial charge in [-0.1, -0.05) is 0 Å². The standard InChI is InChI=1S/C17H23N7O/c1-13-12-14(2)22-16(21-13)18-7-4-15(25)23-8-10-24(11-9-23)17-19-5-3-6-20-17/h3,5-6,12H,4,7-11H2,1-2H3,(H,18,21,22). The second-order valence-corrected chi connectivity index (χ2v) is 6.07. The third kappa shape index (κ3) is 4.62. The van der Waals surface area contributed by atoms with Crippen molar-refractivity contribution in [3.63, 3.8) is 0 Å². The molecule has 0 saturated carbocycles. The van der Waals surface area contributed by atoms with Gasteiger partial charge in [0, 0.05) is 62.9 Å². The summed E-state index contributed by atoms with van der Waals surface area (Å²) in [6, 6.07) is 3.72. The predicted molar refractivity (Wildman–Crippen MR) is 95.4 cm³/mol. The molecule has 1 fully saturated rings. The molecule has 2 aromatic rings. The van der Waals surface area contributed by atoms with Crippen LogP contribution in [0.5, 0.6) is 0 Å². The summed E-state index contributed by atoms with van der Waals surface area (Å²) in [7, 11) is 0. The fourth-order valence-electron chi connectivity index (χ4n) is 2.85. The number of aryl methyl sites for hydroxylation is 2. The Kier molecular flexibility index (Phi) is 5.37. The summed E-state index contributed by atoms with van der Waals surface area (Å²) in [6.07, 6.45) is 3.90. The third-order valence-corrected chi connectivity index (χ3v) is 4.07. The van der Waals surface area contributed by atoms with Gasteiger partial charge in [0.15, 0.2) is 0 Å². The molecule has 0 spiro atoms. The van der Waals surface area contributed by atoms with Crippen molar-refractivity contribution in [2.24, 2.45) is 0 Å². The minimum atomic E-state index is 0.144. The molecule has 0 radical (unpaired) electrons. The van der Waals surface area contributed by atoms with Crippen molar-refractivity contribution >= 4 is 17.8 Å². The van der Waals surface area contributed by atoms with Crippen molar-refractivity contribution in [1.29, 1.82) is 0 Å². The Morgan fingerprint density at radius 3 is 2.36 bits per heavy atom. The van der Waals surface area contributed by atoms with E-state index in [0.29, 0.717) is 32.0 Å². The summed E-state index contributed by atoms with van der Waals surface area (Å²) in [4.78, 5) is 33.5. The van der Waals surface area contributed by atoms with E-state index in [0.717, 1.165) is 30.4 Å². The van der Waals surface area contributed by atoms with Crippen molar-refractivity contribution in [2.75, 3.05) is 42.9 Å². The molecule has 0 atom stereocenters. The number of piperazine rings is 1. The van der Waals surface area contributed by atoms with Gasteiger partial charge in [0.05, 0.1) is 0 Å². The quantitative estimate of drug-likeness (QED) is 0.869. The SMILES string of the molecule is Cc1cc(C)nc(NCCC(=O)N2CCN(c3ncccn3)CC2)n1. The average molecular weight is 341 g/mol. The van der Waals surface area contributed by atoms with E-state index in [9.17, 15) is 4.79 Å². The van der Waals surface area contributed by atoms with Crippen molar-refractivity contribution in [3.8, 4) is 0 Å². The van der Waals surface area contributed by atoms with Crippen molar-refractivity contribution < 1.29 is 4.79 Å². The van der Waals surface area contributed by atoms with Crippen LogP contribution in [0.25, 0.3) is 0 Å². The number of nitrogens with zero attached hydrogens (tertiary/aromatic N) is 6. The maximum Gasteiger partial charge on any atom is 0.225 e. The van der Waals surface area contributed by atoms with Crippen molar-refractivity contribution in [2.45, 2.75) is 20.3 Å². The van der Waals surface area contributed by atoms with E-state index in [2.05, 4.69) is 30.2 Å². The molecule has 8 nitrogen and oxygen atoms in total. The molecule has 1 aliphatic rings. The molecule has 1 aliphatic heterocycles. The predicted octanol–water partition coefficient (Wildman–Crippen LogP) is 1.03. The zero-order valence-corrected chi connectivity index (χ0v) is 14.6. The first kappa shape index (κ1) is 17.1. The fraction of sp³-hybridized carbons (Fsp3) is 0.471. The maximum absolute atomic E-state index is 12.4. The lowest BCUT2D eigenvalue weighted by Gasteiger charge is -2.34. The number of nitrogens with one attached hydrogen (secondary N) is 1. The summed E-state index contributed by atoms with van der Waals surface area (Å²) >= 11 is 0. The average Bonchev–Trinajstić information content (AvgIpc) is 2.62. The topological polar surface area (TPSA) is 87.1 Å². The Labute approximate surface area is 147 Å². The van der Waals surface area contributed by atoms with Gasteiger partial charge in [0.1, 0.15) is 0 Å². The van der Waals surface area contributed by atoms with E-state index >= 15 is 0 Å². The minimum Gasteiger partial charge on any atom is -0.354 e. The van der Waals surface area contributed by atoms with Gasteiger partial charge in [-0.2, -0.15) is 0 Å². The number of hydrogen-bond acceptors (Lipinski definition) is 7. The number of anilines is 2. The third-order valence-electron chi connectivity index (χ3n) is 4.07. The summed E-state index contributed by atoms with van der Waals surface area (Å²) in [6.45, 7) is 7.28. The normalized spacial score (nSPS) is 14.5. The first-order valence-corrected chi connectivity index (χ1v) is 8.48. The Morgan fingerprint density at radius 2 is 1.72 bits per heavy atom. The summed E-state index contributed by atoms with van der Waals surface area (Å²) in [5, 5.41) is 3.13. The molecule has 2 aromatic heterocycles. The molecule has 1 N–H and O–H groups in total. The van der Waals surface area contributed by atoms with Crippen LogP contribution in [0.3, 0.4) is 0 Å². The number of amides is 1. The van der Waals surface area contributed by atoms with Crippen molar-refractivity contribution in [1.82, 2.24) is 24.8 Å². The van der Waals surface area contributed by atoms with Gasteiger partial charge >= 0.3 is 0 Å². The highest BCUT2D eigenvalue weighted by Crippen LogP contribution is 2.10. The second-order valence-electron chi connectivity index (χ2n) is 6.07.